The number of pyridine rings is 1. The molecule has 4 aromatic rings. The number of fused-ring (bicyclic) bond motifs is 2. The molecule has 0 atom stereocenters. The Bertz CT molecular complexity index is 1220. The van der Waals surface area contributed by atoms with E-state index >= 15 is 0 Å². The summed E-state index contributed by atoms with van der Waals surface area (Å²) in [7, 11) is 0. The summed E-state index contributed by atoms with van der Waals surface area (Å²) in [5.74, 6) is -0.927. The van der Waals surface area contributed by atoms with Gasteiger partial charge in [0.15, 0.2) is 0 Å². The Morgan fingerprint density at radius 2 is 1.69 bits per heavy atom. The molecule has 0 amide bonds. The van der Waals surface area contributed by atoms with Crippen molar-refractivity contribution in [1.29, 1.82) is 0 Å². The van der Waals surface area contributed by atoms with Gasteiger partial charge in [-0.25, -0.2) is 9.78 Å². The van der Waals surface area contributed by atoms with Crippen LogP contribution >= 0.6 is 0 Å². The zero-order chi connectivity index (χ0) is 19.8. The summed E-state index contributed by atoms with van der Waals surface area (Å²) >= 11 is 0. The number of para-hydroxylation sites is 1. The van der Waals surface area contributed by atoms with Crippen LogP contribution in [0.1, 0.15) is 22.3 Å². The van der Waals surface area contributed by atoms with E-state index < -0.39 is 5.97 Å². The molecule has 0 spiro atoms. The Hall–Kier alpha value is -3.66. The van der Waals surface area contributed by atoms with E-state index in [1.165, 1.54) is 11.3 Å². The monoisotopic (exact) mass is 380 g/mol. The molecule has 142 valence electrons. The van der Waals surface area contributed by atoms with Crippen LogP contribution < -0.4 is 4.90 Å². The Morgan fingerprint density at radius 1 is 0.897 bits per heavy atom. The third kappa shape index (κ3) is 3.13. The predicted octanol–water partition coefficient (Wildman–Crippen LogP) is 5.68. The van der Waals surface area contributed by atoms with Crippen LogP contribution in [0.4, 0.5) is 11.4 Å². The molecule has 5 rings (SSSR count). The lowest BCUT2D eigenvalue weighted by atomic mass is 9.99. The number of aromatic carboxylic acids is 1. The molecule has 3 aromatic carbocycles. The van der Waals surface area contributed by atoms with Crippen LogP contribution in [0, 0.1) is 0 Å². The van der Waals surface area contributed by atoms with E-state index in [2.05, 4.69) is 47.4 Å². The Kier molecular flexibility index (Phi) is 4.24. The van der Waals surface area contributed by atoms with E-state index in [0.717, 1.165) is 47.2 Å². The third-order valence-electron chi connectivity index (χ3n) is 5.49. The van der Waals surface area contributed by atoms with Gasteiger partial charge in [0.1, 0.15) is 0 Å². The maximum absolute atomic E-state index is 11.5. The molecule has 0 saturated carbocycles. The number of nitrogens with zero attached hydrogens (tertiary/aromatic N) is 2. The average molecular weight is 380 g/mol. The van der Waals surface area contributed by atoms with Gasteiger partial charge in [-0.1, -0.05) is 48.5 Å². The Balaban J connectivity index is 1.77. The van der Waals surface area contributed by atoms with Crippen molar-refractivity contribution in [2.24, 2.45) is 0 Å². The van der Waals surface area contributed by atoms with Crippen LogP contribution in [0.25, 0.3) is 22.2 Å². The number of hydrogen-bond acceptors (Lipinski definition) is 3. The number of aryl methyl sites for hydroxylation is 1. The molecule has 4 nitrogen and oxygen atoms in total. The zero-order valence-corrected chi connectivity index (χ0v) is 15.9. The molecule has 0 aliphatic carbocycles. The quantitative estimate of drug-likeness (QED) is 0.496. The second-order valence-electron chi connectivity index (χ2n) is 7.32. The van der Waals surface area contributed by atoms with Gasteiger partial charge in [-0.3, -0.25) is 0 Å². The minimum Gasteiger partial charge on any atom is -0.478 e. The first kappa shape index (κ1) is 17.4. The van der Waals surface area contributed by atoms with Gasteiger partial charge < -0.3 is 10.0 Å². The number of aromatic nitrogens is 1. The molecule has 1 aliphatic heterocycles. The van der Waals surface area contributed by atoms with Gasteiger partial charge in [-0.2, -0.15) is 0 Å². The molecule has 0 fully saturated rings. The van der Waals surface area contributed by atoms with Crippen molar-refractivity contribution >= 4 is 28.2 Å². The van der Waals surface area contributed by atoms with E-state index in [1.54, 1.807) is 18.2 Å². The first-order valence-corrected chi connectivity index (χ1v) is 9.80. The number of hydrogen-bond donors (Lipinski definition) is 1. The molecule has 0 radical (unpaired) electrons. The van der Waals surface area contributed by atoms with E-state index in [-0.39, 0.29) is 5.56 Å². The van der Waals surface area contributed by atoms with Crippen LogP contribution in [0.15, 0.2) is 78.9 Å². The fraction of sp³-hybridized carbons (Fsp3) is 0.120. The van der Waals surface area contributed by atoms with E-state index in [1.807, 2.05) is 18.2 Å². The molecule has 4 heteroatoms. The van der Waals surface area contributed by atoms with Crippen molar-refractivity contribution < 1.29 is 9.90 Å². The van der Waals surface area contributed by atoms with E-state index in [9.17, 15) is 9.90 Å². The molecular weight excluding hydrogens is 360 g/mol. The number of carboxylic acid groups (broad SMARTS) is 1. The van der Waals surface area contributed by atoms with Crippen molar-refractivity contribution in [2.45, 2.75) is 12.8 Å². The minimum atomic E-state index is -0.927. The van der Waals surface area contributed by atoms with Gasteiger partial charge in [-0.05, 0) is 48.7 Å². The normalized spacial score (nSPS) is 13.3. The molecule has 0 bridgehead atoms. The summed E-state index contributed by atoms with van der Waals surface area (Å²) in [4.78, 5) is 18.7. The summed E-state index contributed by atoms with van der Waals surface area (Å²) in [6, 6.07) is 25.8. The fourth-order valence-corrected chi connectivity index (χ4v) is 4.10. The Labute approximate surface area is 169 Å². The average Bonchev–Trinajstić information content (AvgIpc) is 2.78. The first-order chi connectivity index (χ1) is 14.2. The zero-order valence-electron chi connectivity index (χ0n) is 15.9. The smallest absolute Gasteiger partial charge is 0.335 e. The fourth-order valence-electron chi connectivity index (χ4n) is 4.10. The van der Waals surface area contributed by atoms with Crippen LogP contribution in [0.2, 0.25) is 0 Å². The number of carboxylic acids is 1. The Morgan fingerprint density at radius 3 is 2.52 bits per heavy atom. The minimum absolute atomic E-state index is 0.275. The standard InChI is InChI=1S/C25H20N2O2/c28-25(29)19-12-13-21-20(15-19)16-23(24(26-21)18-8-2-1-3-9-18)27-14-6-10-17-7-4-5-11-22(17)27/h1-5,7-9,11-13,15-16H,6,10,14H2,(H,28,29). The SMILES string of the molecule is O=C(O)c1ccc2nc(-c3ccccc3)c(N3CCCc4ccccc43)cc2c1. The molecule has 0 saturated heterocycles. The molecule has 29 heavy (non-hydrogen) atoms. The van der Waals surface area contributed by atoms with Crippen LogP contribution in [-0.2, 0) is 6.42 Å². The van der Waals surface area contributed by atoms with Crippen molar-refractivity contribution in [3.8, 4) is 11.3 Å². The highest BCUT2D eigenvalue weighted by molar-refractivity contribution is 5.96. The van der Waals surface area contributed by atoms with Crippen LogP contribution in [-0.4, -0.2) is 22.6 Å². The van der Waals surface area contributed by atoms with Gasteiger partial charge in [0.25, 0.3) is 0 Å². The predicted molar refractivity (Wildman–Crippen MR) is 116 cm³/mol. The first-order valence-electron chi connectivity index (χ1n) is 9.80. The number of benzene rings is 3. The van der Waals surface area contributed by atoms with Crippen molar-refractivity contribution in [3.63, 3.8) is 0 Å². The van der Waals surface area contributed by atoms with Gasteiger partial charge in [0.05, 0.1) is 22.5 Å². The lowest BCUT2D eigenvalue weighted by molar-refractivity contribution is 0.0697. The van der Waals surface area contributed by atoms with Gasteiger partial charge in [-0.15, -0.1) is 0 Å². The van der Waals surface area contributed by atoms with Gasteiger partial charge in [0, 0.05) is 23.2 Å². The lowest BCUT2D eigenvalue weighted by Gasteiger charge is -2.32. The lowest BCUT2D eigenvalue weighted by Crippen LogP contribution is -2.25. The highest BCUT2D eigenvalue weighted by Gasteiger charge is 2.22. The van der Waals surface area contributed by atoms with Crippen molar-refractivity contribution in [2.75, 3.05) is 11.4 Å². The molecule has 0 unspecified atom stereocenters. The largest absolute Gasteiger partial charge is 0.478 e. The van der Waals surface area contributed by atoms with E-state index in [0.29, 0.717) is 0 Å². The summed E-state index contributed by atoms with van der Waals surface area (Å²) < 4.78 is 0. The second-order valence-corrected chi connectivity index (χ2v) is 7.32. The number of anilines is 2. The molecule has 2 heterocycles. The number of rotatable bonds is 3. The summed E-state index contributed by atoms with van der Waals surface area (Å²) in [6.07, 6.45) is 2.13. The maximum Gasteiger partial charge on any atom is 0.335 e. The highest BCUT2D eigenvalue weighted by atomic mass is 16.4. The third-order valence-corrected chi connectivity index (χ3v) is 5.49. The van der Waals surface area contributed by atoms with E-state index in [4.69, 9.17) is 4.98 Å². The van der Waals surface area contributed by atoms with Crippen LogP contribution in [0.5, 0.6) is 0 Å². The van der Waals surface area contributed by atoms with Gasteiger partial charge >= 0.3 is 5.97 Å². The molecule has 1 N–H and O–H groups in total. The summed E-state index contributed by atoms with van der Waals surface area (Å²) in [5, 5.41) is 10.2. The summed E-state index contributed by atoms with van der Waals surface area (Å²) in [5.41, 5.74) is 6.58. The highest BCUT2D eigenvalue weighted by Crippen LogP contribution is 2.39. The van der Waals surface area contributed by atoms with Gasteiger partial charge in [0.2, 0.25) is 0 Å². The molecular formula is C25H20N2O2. The number of carbonyl (C=O) groups is 1. The second kappa shape index (κ2) is 7.06. The van der Waals surface area contributed by atoms with Crippen molar-refractivity contribution in [3.05, 3.63) is 90.0 Å². The molecule has 1 aromatic heterocycles. The molecule has 1 aliphatic rings. The maximum atomic E-state index is 11.5. The van der Waals surface area contributed by atoms with Crippen molar-refractivity contribution in [1.82, 2.24) is 4.98 Å². The topological polar surface area (TPSA) is 53.4 Å². The summed E-state index contributed by atoms with van der Waals surface area (Å²) in [6.45, 7) is 0.905. The van der Waals surface area contributed by atoms with Crippen LogP contribution in [0.3, 0.4) is 0 Å².